The molecule has 8 rings (SSSR count). The van der Waals surface area contributed by atoms with Gasteiger partial charge in [0.2, 0.25) is 0 Å². The summed E-state index contributed by atoms with van der Waals surface area (Å²) in [4.78, 5) is 36.0. The van der Waals surface area contributed by atoms with Crippen LogP contribution in [-0.2, 0) is 4.57 Å². The molecule has 248 valence electrons. The first-order valence-electron chi connectivity index (χ1n) is 15.5. The molecular weight excluding hydrogens is 833 g/mol. The predicted octanol–water partition coefficient (Wildman–Crippen LogP) is 12.6. The number of rotatable bonds is 2. The summed E-state index contributed by atoms with van der Waals surface area (Å²) < 4.78 is 11.5. The largest absolute Gasteiger partial charge is 0.351 e. The molecule has 4 heterocycles. The molecule has 47 heavy (non-hydrogen) atoms. The molecule has 3 N–H and O–H groups in total. The van der Waals surface area contributed by atoms with Crippen molar-refractivity contribution in [3.63, 3.8) is 0 Å². The lowest BCUT2D eigenvalue weighted by Gasteiger charge is -2.20. The van der Waals surface area contributed by atoms with Gasteiger partial charge in [-0.1, -0.05) is 82.0 Å². The van der Waals surface area contributed by atoms with Crippen molar-refractivity contribution >= 4 is 126 Å². The van der Waals surface area contributed by atoms with Gasteiger partial charge in [-0.15, -0.1) is 0 Å². The number of H-pyrrole nitrogens is 3. The van der Waals surface area contributed by atoms with Crippen LogP contribution >= 0.6 is 82.4 Å². The first kappa shape index (κ1) is 35.2. The van der Waals surface area contributed by atoms with Gasteiger partial charge < -0.3 is 15.0 Å². The smallest absolute Gasteiger partial charge is 0.339 e. The highest BCUT2D eigenvalue weighted by atomic mass is 79.9. The number of hydrogen-bond acceptors (Lipinski definition) is 5. The van der Waals surface area contributed by atoms with Crippen LogP contribution in [0.4, 0.5) is 0 Å². The van der Waals surface area contributed by atoms with Gasteiger partial charge in [-0.05, 0) is 95.8 Å². The summed E-state index contributed by atoms with van der Waals surface area (Å²) in [5, 5.41) is -0.571. The van der Waals surface area contributed by atoms with Gasteiger partial charge in [-0.3, -0.25) is 9.36 Å². The van der Waals surface area contributed by atoms with Crippen LogP contribution in [0.5, 0.6) is 0 Å². The highest BCUT2D eigenvalue weighted by Gasteiger charge is 2.22. The lowest BCUT2D eigenvalue weighted by atomic mass is 9.88. The standard InChI is InChI=1S/C16H15BrClN3.C16H16BrN3O.Cl3OP/c17-10-6-7-11-12(8-10)19-14-13(11)20-16(21-15(14)18)9-4-2-1-3-5-9;17-10-6-7-11-12(8-10)18-14-13(11)19-15(20-16(14)21)9-4-2-1-3-5-9;1-5(2,3)4/h6-9,19H,1-5H2;6-9,18H,1-5H2,(H,19,20,21);. The molecule has 0 saturated heterocycles. The highest BCUT2D eigenvalue weighted by Crippen LogP contribution is 2.61. The molecular formula is C32H31Br2Cl4N6O2P. The second kappa shape index (κ2) is 15.1. The van der Waals surface area contributed by atoms with Crippen LogP contribution in [0, 0.1) is 0 Å². The second-order valence-corrected chi connectivity index (χ2v) is 20.8. The van der Waals surface area contributed by atoms with Crippen LogP contribution in [-0.4, -0.2) is 29.9 Å². The fourth-order valence-electron chi connectivity index (χ4n) is 6.59. The Morgan fingerprint density at radius 2 is 1.17 bits per heavy atom. The highest BCUT2D eigenvalue weighted by molar-refractivity contribution is 9.10. The molecule has 2 aromatic carbocycles. The molecule has 6 aromatic rings. The Hall–Kier alpha value is -1.65. The summed E-state index contributed by atoms with van der Waals surface area (Å²) in [6, 6.07) is 12.1. The minimum atomic E-state index is -3.22. The number of aromatic nitrogens is 6. The van der Waals surface area contributed by atoms with E-state index < -0.39 is 5.20 Å². The maximum absolute atomic E-state index is 12.4. The molecule has 0 aliphatic heterocycles. The molecule has 0 amide bonds. The third kappa shape index (κ3) is 8.57. The lowest BCUT2D eigenvalue weighted by molar-refractivity contribution is 0.429. The molecule has 2 saturated carbocycles. The van der Waals surface area contributed by atoms with Gasteiger partial charge in [0.15, 0.2) is 5.15 Å². The topological polar surface area (TPSA) is 120 Å². The maximum atomic E-state index is 12.4. The lowest BCUT2D eigenvalue weighted by Crippen LogP contribution is -2.16. The maximum Gasteiger partial charge on any atom is 0.339 e. The normalized spacial score (nSPS) is 16.3. The molecule has 2 aliphatic rings. The quantitative estimate of drug-likeness (QED) is 0.118. The summed E-state index contributed by atoms with van der Waals surface area (Å²) in [6.07, 6.45) is 12.2. The zero-order valence-corrected chi connectivity index (χ0v) is 32.2. The van der Waals surface area contributed by atoms with Crippen LogP contribution in [0.3, 0.4) is 0 Å². The van der Waals surface area contributed by atoms with Crippen LogP contribution < -0.4 is 5.56 Å². The molecule has 8 nitrogen and oxygen atoms in total. The van der Waals surface area contributed by atoms with Gasteiger partial charge in [-0.2, -0.15) is 0 Å². The van der Waals surface area contributed by atoms with Crippen molar-refractivity contribution in [1.82, 2.24) is 29.9 Å². The van der Waals surface area contributed by atoms with Crippen molar-refractivity contribution in [1.29, 1.82) is 0 Å². The molecule has 0 spiro atoms. The summed E-state index contributed by atoms with van der Waals surface area (Å²) in [6.45, 7) is 0. The molecule has 0 bridgehead atoms. The molecule has 15 heteroatoms. The first-order valence-corrected chi connectivity index (χ1v) is 21.9. The third-order valence-corrected chi connectivity index (χ3v) is 10.0. The predicted molar refractivity (Wildman–Crippen MR) is 203 cm³/mol. The van der Waals surface area contributed by atoms with Crippen molar-refractivity contribution in [3.05, 3.63) is 72.5 Å². The van der Waals surface area contributed by atoms with Gasteiger partial charge in [0, 0.05) is 42.6 Å². The van der Waals surface area contributed by atoms with Gasteiger partial charge in [0.25, 0.3) is 5.56 Å². The third-order valence-electron chi connectivity index (χ3n) is 8.77. The molecule has 0 unspecified atom stereocenters. The van der Waals surface area contributed by atoms with Crippen molar-refractivity contribution in [2.24, 2.45) is 0 Å². The Morgan fingerprint density at radius 3 is 1.72 bits per heavy atom. The van der Waals surface area contributed by atoms with E-state index in [9.17, 15) is 9.36 Å². The van der Waals surface area contributed by atoms with Crippen LogP contribution in [0.1, 0.15) is 87.7 Å². The van der Waals surface area contributed by atoms with Gasteiger partial charge in [0.1, 0.15) is 33.7 Å². The Balaban J connectivity index is 0.000000144. The number of nitrogens with zero attached hydrogens (tertiary/aromatic N) is 3. The summed E-state index contributed by atoms with van der Waals surface area (Å²) >= 11 is 27.2. The van der Waals surface area contributed by atoms with E-state index in [1.807, 2.05) is 30.3 Å². The Labute approximate surface area is 307 Å². The van der Waals surface area contributed by atoms with Crippen LogP contribution in [0.2, 0.25) is 5.15 Å². The molecule has 0 radical (unpaired) electrons. The molecule has 2 fully saturated rings. The second-order valence-electron chi connectivity index (χ2n) is 12.0. The number of benzene rings is 2. The minimum absolute atomic E-state index is 0.0621. The Kier molecular flexibility index (Phi) is 11.3. The SMILES string of the molecule is Clc1nc(C2CCCCC2)nc2c1[nH]c1cc(Br)ccc12.O=P(Cl)(Cl)Cl.O=c1[nH]c(C2CCCCC2)nc2c1[nH]c1cc(Br)ccc12. The van der Waals surface area contributed by atoms with Crippen molar-refractivity contribution in [2.75, 3.05) is 0 Å². The van der Waals surface area contributed by atoms with E-state index in [0.717, 1.165) is 71.8 Å². The van der Waals surface area contributed by atoms with E-state index in [1.165, 1.54) is 51.4 Å². The molecule has 4 aromatic heterocycles. The van der Waals surface area contributed by atoms with Gasteiger partial charge >= 0.3 is 5.20 Å². The number of nitrogens with one attached hydrogen (secondary N) is 3. The van der Waals surface area contributed by atoms with Gasteiger partial charge in [0.05, 0.1) is 0 Å². The monoisotopic (exact) mass is 860 g/mol. The zero-order valence-electron chi connectivity index (χ0n) is 25.1. The fraction of sp³-hybridized carbons (Fsp3) is 0.375. The Bertz CT molecular complexity index is 2160. The average Bonchev–Trinajstić information content (AvgIpc) is 3.59. The summed E-state index contributed by atoms with van der Waals surface area (Å²) in [5.41, 5.74) is 5.06. The number of hydrogen-bond donors (Lipinski definition) is 3. The van der Waals surface area contributed by atoms with E-state index in [0.29, 0.717) is 22.5 Å². The Morgan fingerprint density at radius 1 is 0.681 bits per heavy atom. The van der Waals surface area contributed by atoms with Crippen LogP contribution in [0.25, 0.3) is 43.9 Å². The molecule has 0 atom stereocenters. The van der Waals surface area contributed by atoms with Crippen molar-refractivity contribution < 1.29 is 4.57 Å². The van der Waals surface area contributed by atoms with Crippen molar-refractivity contribution in [3.8, 4) is 0 Å². The fourth-order valence-corrected chi connectivity index (χ4v) is 7.54. The van der Waals surface area contributed by atoms with E-state index >= 15 is 0 Å². The van der Waals surface area contributed by atoms with E-state index in [4.69, 9.17) is 21.6 Å². The van der Waals surface area contributed by atoms with Crippen molar-refractivity contribution in [2.45, 2.75) is 76.0 Å². The minimum Gasteiger partial charge on any atom is -0.351 e. The van der Waals surface area contributed by atoms with E-state index in [2.05, 4.69) is 91.6 Å². The number of fused-ring (bicyclic) bond motifs is 6. The number of halogens is 6. The average molecular weight is 864 g/mol. The zero-order chi connectivity index (χ0) is 33.3. The van der Waals surface area contributed by atoms with E-state index in [1.54, 1.807) is 0 Å². The summed E-state index contributed by atoms with van der Waals surface area (Å²) in [7, 11) is 0. The number of aromatic amines is 3. The van der Waals surface area contributed by atoms with Gasteiger partial charge in [-0.25, -0.2) is 15.0 Å². The first-order chi connectivity index (χ1) is 22.4. The van der Waals surface area contributed by atoms with E-state index in [-0.39, 0.29) is 5.56 Å². The summed E-state index contributed by atoms with van der Waals surface area (Å²) in [5.74, 6) is 2.63. The molecule has 2 aliphatic carbocycles. The van der Waals surface area contributed by atoms with Crippen LogP contribution in [0.15, 0.2) is 50.1 Å².